The van der Waals surface area contributed by atoms with Gasteiger partial charge in [0.05, 0.1) is 12.3 Å². The van der Waals surface area contributed by atoms with Crippen LogP contribution in [0.15, 0.2) is 5.38 Å². The summed E-state index contributed by atoms with van der Waals surface area (Å²) in [7, 11) is 2.11. The molecule has 1 aromatic heterocycles. The Morgan fingerprint density at radius 2 is 2.19 bits per heavy atom. The quantitative estimate of drug-likeness (QED) is 0.833. The topological polar surface area (TPSA) is 45.6 Å². The fourth-order valence-corrected chi connectivity index (χ4v) is 4.79. The Morgan fingerprint density at radius 1 is 1.48 bits per heavy atom. The van der Waals surface area contributed by atoms with Crippen LogP contribution in [0.5, 0.6) is 0 Å². The fourth-order valence-electron chi connectivity index (χ4n) is 2.73. The molecule has 1 atom stereocenters. The molecule has 0 saturated carbocycles. The third-order valence-electron chi connectivity index (χ3n) is 4.26. The van der Waals surface area contributed by atoms with Crippen molar-refractivity contribution >= 4 is 23.1 Å². The van der Waals surface area contributed by atoms with Gasteiger partial charge in [0, 0.05) is 24.1 Å². The number of thioether (sulfide) groups is 1. The van der Waals surface area contributed by atoms with Crippen LogP contribution in [0.4, 0.5) is 0 Å². The number of aliphatic hydroxyl groups is 1. The zero-order valence-corrected chi connectivity index (χ0v) is 14.8. The van der Waals surface area contributed by atoms with Crippen molar-refractivity contribution in [3.05, 3.63) is 16.1 Å². The maximum absolute atomic E-state index is 9.86. The van der Waals surface area contributed by atoms with Crippen LogP contribution in [0.2, 0.25) is 0 Å². The Hall–Kier alpha value is -0.140. The van der Waals surface area contributed by atoms with Crippen LogP contribution < -0.4 is 0 Å². The zero-order valence-electron chi connectivity index (χ0n) is 13.2. The lowest BCUT2D eigenvalue weighted by molar-refractivity contribution is 0.0351. The number of aliphatic hydroxyl groups excluding tert-OH is 1. The molecule has 0 amide bonds. The largest absolute Gasteiger partial charge is 0.394 e. The average Bonchev–Trinajstić information content (AvgIpc) is 2.96. The predicted molar refractivity (Wildman–Crippen MR) is 90.0 cm³/mol. The maximum Gasteiger partial charge on any atom is 0.122 e. The SMILES string of the molecule is CCO[C@H](C)c1nc(CN(C)C2(CO)CCSCC2)cs1. The van der Waals surface area contributed by atoms with E-state index in [4.69, 9.17) is 9.72 Å². The van der Waals surface area contributed by atoms with Crippen molar-refractivity contribution in [3.8, 4) is 0 Å². The molecule has 0 radical (unpaired) electrons. The summed E-state index contributed by atoms with van der Waals surface area (Å²) in [6, 6.07) is 0. The predicted octanol–water partition coefficient (Wildman–Crippen LogP) is 2.93. The Kier molecular flexibility index (Phi) is 6.50. The maximum atomic E-state index is 9.86. The Bertz CT molecular complexity index is 433. The first-order chi connectivity index (χ1) is 10.1. The molecule has 120 valence electrons. The number of rotatable bonds is 7. The Morgan fingerprint density at radius 3 is 2.81 bits per heavy atom. The second-order valence-electron chi connectivity index (χ2n) is 5.63. The molecule has 1 N–H and O–H groups in total. The summed E-state index contributed by atoms with van der Waals surface area (Å²) in [4.78, 5) is 6.98. The van der Waals surface area contributed by atoms with E-state index in [1.165, 1.54) is 0 Å². The molecule has 1 saturated heterocycles. The van der Waals surface area contributed by atoms with Gasteiger partial charge in [0.25, 0.3) is 0 Å². The van der Waals surface area contributed by atoms with Crippen LogP contribution in [-0.4, -0.2) is 52.3 Å². The minimum Gasteiger partial charge on any atom is -0.394 e. The van der Waals surface area contributed by atoms with Crippen molar-refractivity contribution in [1.29, 1.82) is 0 Å². The van der Waals surface area contributed by atoms with Gasteiger partial charge in [-0.15, -0.1) is 11.3 Å². The molecule has 0 bridgehead atoms. The highest BCUT2D eigenvalue weighted by Crippen LogP contribution is 2.32. The number of hydrogen-bond donors (Lipinski definition) is 1. The van der Waals surface area contributed by atoms with Gasteiger partial charge in [-0.1, -0.05) is 0 Å². The van der Waals surface area contributed by atoms with E-state index < -0.39 is 0 Å². The molecule has 0 spiro atoms. The highest BCUT2D eigenvalue weighted by atomic mass is 32.2. The van der Waals surface area contributed by atoms with Gasteiger partial charge in [-0.25, -0.2) is 4.98 Å². The number of likely N-dealkylation sites (N-methyl/N-ethyl adjacent to an activating group) is 1. The summed E-state index contributed by atoms with van der Waals surface area (Å²) in [5.74, 6) is 2.27. The fraction of sp³-hybridized carbons (Fsp3) is 0.800. The molecule has 1 aromatic rings. The highest BCUT2D eigenvalue weighted by molar-refractivity contribution is 7.99. The van der Waals surface area contributed by atoms with Crippen LogP contribution in [0, 0.1) is 0 Å². The first-order valence-corrected chi connectivity index (χ1v) is 9.60. The second-order valence-corrected chi connectivity index (χ2v) is 7.74. The standard InChI is InChI=1S/C15H26N2O2S2/c1-4-19-12(2)14-16-13(10-21-14)9-17(3)15(11-18)5-7-20-8-6-15/h10,12,18H,4-9,11H2,1-3H3/t12-/m1/s1. The van der Waals surface area contributed by atoms with E-state index in [9.17, 15) is 5.11 Å². The van der Waals surface area contributed by atoms with Crippen molar-refractivity contribution in [2.24, 2.45) is 0 Å². The van der Waals surface area contributed by atoms with Gasteiger partial charge in [0.2, 0.25) is 0 Å². The van der Waals surface area contributed by atoms with Gasteiger partial charge in [-0.05, 0) is 45.2 Å². The van der Waals surface area contributed by atoms with Gasteiger partial charge in [-0.2, -0.15) is 11.8 Å². The molecule has 2 rings (SSSR count). The molecule has 1 aliphatic heterocycles. The summed E-state index contributed by atoms with van der Waals surface area (Å²) in [5, 5.41) is 13.0. The van der Waals surface area contributed by atoms with E-state index in [1.807, 2.05) is 25.6 Å². The van der Waals surface area contributed by atoms with Crippen molar-refractivity contribution in [1.82, 2.24) is 9.88 Å². The lowest BCUT2D eigenvalue weighted by Gasteiger charge is -2.43. The van der Waals surface area contributed by atoms with E-state index in [0.717, 1.165) is 41.6 Å². The first-order valence-electron chi connectivity index (χ1n) is 7.57. The van der Waals surface area contributed by atoms with Crippen molar-refractivity contribution in [2.75, 3.05) is 31.8 Å². The van der Waals surface area contributed by atoms with E-state index in [0.29, 0.717) is 6.61 Å². The van der Waals surface area contributed by atoms with E-state index in [1.54, 1.807) is 11.3 Å². The zero-order chi connectivity index (χ0) is 15.3. The van der Waals surface area contributed by atoms with Crippen molar-refractivity contribution in [3.63, 3.8) is 0 Å². The Balaban J connectivity index is 2.00. The van der Waals surface area contributed by atoms with Crippen LogP contribution >= 0.6 is 23.1 Å². The van der Waals surface area contributed by atoms with Gasteiger partial charge < -0.3 is 9.84 Å². The number of nitrogens with zero attached hydrogens (tertiary/aromatic N) is 2. The molecule has 21 heavy (non-hydrogen) atoms. The Labute approximate surface area is 135 Å². The molecule has 2 heterocycles. The van der Waals surface area contributed by atoms with Crippen LogP contribution in [-0.2, 0) is 11.3 Å². The molecule has 6 heteroatoms. The third kappa shape index (κ3) is 4.20. The lowest BCUT2D eigenvalue weighted by Crippen LogP contribution is -2.51. The smallest absolute Gasteiger partial charge is 0.122 e. The molecule has 0 unspecified atom stereocenters. The van der Waals surface area contributed by atoms with Crippen LogP contribution in [0.25, 0.3) is 0 Å². The number of thiazole rings is 1. The summed E-state index contributed by atoms with van der Waals surface area (Å²) < 4.78 is 5.60. The molecule has 0 aromatic carbocycles. The minimum atomic E-state index is -0.0689. The normalized spacial score (nSPS) is 19.9. The monoisotopic (exact) mass is 330 g/mol. The summed E-state index contributed by atoms with van der Waals surface area (Å²) in [5.41, 5.74) is 1.01. The van der Waals surface area contributed by atoms with Crippen molar-refractivity contribution in [2.45, 2.75) is 44.9 Å². The number of aromatic nitrogens is 1. The lowest BCUT2D eigenvalue weighted by atomic mass is 9.91. The van der Waals surface area contributed by atoms with Gasteiger partial charge in [0.15, 0.2) is 0 Å². The second kappa shape index (κ2) is 7.92. The van der Waals surface area contributed by atoms with Gasteiger partial charge in [-0.3, -0.25) is 4.90 Å². The molecule has 4 nitrogen and oxygen atoms in total. The molecule has 1 fully saturated rings. The minimum absolute atomic E-state index is 0.0666. The van der Waals surface area contributed by atoms with E-state index >= 15 is 0 Å². The average molecular weight is 331 g/mol. The van der Waals surface area contributed by atoms with E-state index in [2.05, 4.69) is 17.3 Å². The van der Waals surface area contributed by atoms with E-state index in [-0.39, 0.29) is 18.2 Å². The van der Waals surface area contributed by atoms with Gasteiger partial charge >= 0.3 is 0 Å². The molecule has 0 aliphatic carbocycles. The highest BCUT2D eigenvalue weighted by Gasteiger charge is 2.35. The third-order valence-corrected chi connectivity index (χ3v) is 6.30. The van der Waals surface area contributed by atoms with Crippen molar-refractivity contribution < 1.29 is 9.84 Å². The molecule has 1 aliphatic rings. The summed E-state index contributed by atoms with van der Waals surface area (Å²) in [6.45, 7) is 5.78. The van der Waals surface area contributed by atoms with Gasteiger partial charge in [0.1, 0.15) is 11.1 Å². The number of ether oxygens (including phenoxy) is 1. The molecular formula is C15H26N2O2S2. The number of hydrogen-bond acceptors (Lipinski definition) is 6. The van der Waals surface area contributed by atoms with Crippen LogP contribution in [0.3, 0.4) is 0 Å². The molecular weight excluding hydrogens is 304 g/mol. The summed E-state index contributed by atoms with van der Waals surface area (Å²) in [6.07, 6.45) is 2.17. The first kappa shape index (κ1) is 17.2. The van der Waals surface area contributed by atoms with Crippen LogP contribution in [0.1, 0.15) is 43.5 Å². The summed E-state index contributed by atoms with van der Waals surface area (Å²) >= 11 is 3.65.